The van der Waals surface area contributed by atoms with Crippen LogP contribution < -0.4 is 0 Å². The molecule has 0 fully saturated rings. The van der Waals surface area contributed by atoms with E-state index in [4.69, 9.17) is 5.26 Å². The molecule has 1 aromatic rings. The summed E-state index contributed by atoms with van der Waals surface area (Å²) in [5.41, 5.74) is 0. The molecule has 0 N–H and O–H groups in total. The maximum Gasteiger partial charge on any atom is 0.211 e. The number of nitriles is 1. The summed E-state index contributed by atoms with van der Waals surface area (Å²) < 4.78 is 0. The highest BCUT2D eigenvalue weighted by Gasteiger charge is 2.14. The van der Waals surface area contributed by atoms with E-state index < -0.39 is 0 Å². The first-order valence-electron chi connectivity index (χ1n) is 4.17. The Morgan fingerprint density at radius 2 is 2.40 bits per heavy atom. The van der Waals surface area contributed by atoms with Gasteiger partial charge in [-0.1, -0.05) is 6.07 Å². The third-order valence-corrected chi connectivity index (χ3v) is 2.97. The third kappa shape index (κ3) is 3.42. The van der Waals surface area contributed by atoms with Crippen molar-refractivity contribution in [1.29, 1.82) is 5.26 Å². The fraction of sp³-hybridized carbons (Fsp3) is 0.200. The maximum absolute atomic E-state index is 11.9. The minimum atomic E-state index is -0.0924. The largest absolute Gasteiger partial charge is 0.382 e. The van der Waals surface area contributed by atoms with Crippen LogP contribution in [-0.2, 0) is 0 Å². The van der Waals surface area contributed by atoms with Gasteiger partial charge in [-0.15, -0.1) is 11.3 Å². The highest BCUT2D eigenvalue weighted by molar-refractivity contribution is 8.08. The molecule has 1 aromatic heterocycles. The number of hydrogen-bond donors (Lipinski definition) is 0. The van der Waals surface area contributed by atoms with Gasteiger partial charge in [-0.05, 0) is 23.2 Å². The summed E-state index contributed by atoms with van der Waals surface area (Å²) in [6.07, 6.45) is 1.66. The molecule has 0 unspecified atom stereocenters. The second-order valence-electron chi connectivity index (χ2n) is 2.96. The number of carbonyl (C=O) groups is 1. The van der Waals surface area contributed by atoms with Crippen molar-refractivity contribution in [2.24, 2.45) is 0 Å². The van der Waals surface area contributed by atoms with E-state index in [0.717, 1.165) is 11.8 Å². The molecule has 3 nitrogen and oxygen atoms in total. The van der Waals surface area contributed by atoms with Crippen molar-refractivity contribution >= 4 is 28.9 Å². The van der Waals surface area contributed by atoms with E-state index in [-0.39, 0.29) is 5.78 Å². The predicted molar refractivity (Wildman–Crippen MR) is 63.6 cm³/mol. The molecule has 5 heteroatoms. The minimum absolute atomic E-state index is 0.0924. The van der Waals surface area contributed by atoms with Crippen LogP contribution in [0.4, 0.5) is 0 Å². The lowest BCUT2D eigenvalue weighted by atomic mass is 10.3. The Labute approximate surface area is 97.0 Å². The molecule has 0 spiro atoms. The summed E-state index contributed by atoms with van der Waals surface area (Å²) >= 11 is 2.27. The first kappa shape index (κ1) is 11.8. The van der Waals surface area contributed by atoms with Crippen LogP contribution in [-0.4, -0.2) is 24.8 Å². The Morgan fingerprint density at radius 1 is 1.67 bits per heavy atom. The monoisotopic (exact) mass is 238 g/mol. The van der Waals surface area contributed by atoms with Gasteiger partial charge in [0.25, 0.3) is 0 Å². The molecule has 0 aliphatic carbocycles. The normalized spacial score (nSPS) is 10.9. The molecule has 78 valence electrons. The maximum atomic E-state index is 11.9. The Hall–Kier alpha value is -1.25. The summed E-state index contributed by atoms with van der Waals surface area (Å²) in [5.74, 6) is -0.0924. The number of Topliss-reactive ketones (excluding diaryl/α,β-unsaturated/α-hetero) is 1. The first-order chi connectivity index (χ1) is 7.15. The van der Waals surface area contributed by atoms with Crippen LogP contribution in [0.3, 0.4) is 0 Å². The summed E-state index contributed by atoms with van der Waals surface area (Å²) in [6, 6.07) is 3.58. The number of rotatable bonds is 4. The van der Waals surface area contributed by atoms with Gasteiger partial charge in [0.15, 0.2) is 0 Å². The lowest BCUT2D eigenvalue weighted by Gasteiger charge is -2.06. The molecule has 0 aromatic carbocycles. The highest BCUT2D eigenvalue weighted by atomic mass is 32.2. The van der Waals surface area contributed by atoms with Gasteiger partial charge in [0.2, 0.25) is 5.78 Å². The zero-order valence-corrected chi connectivity index (χ0v) is 10.1. The average Bonchev–Trinajstić information content (AvgIpc) is 2.68. The van der Waals surface area contributed by atoms with E-state index in [1.54, 1.807) is 17.2 Å². The number of carbonyl (C=O) groups excluding carboxylic acids is 1. The molecule has 15 heavy (non-hydrogen) atoms. The van der Waals surface area contributed by atoms with Crippen LogP contribution in [0.2, 0.25) is 0 Å². The van der Waals surface area contributed by atoms with E-state index in [9.17, 15) is 4.79 Å². The molecule has 0 aliphatic heterocycles. The molecule has 1 rings (SSSR count). The lowest BCUT2D eigenvalue weighted by molar-refractivity contribution is 0.104. The molecular weight excluding hydrogens is 228 g/mol. The van der Waals surface area contributed by atoms with Gasteiger partial charge in [-0.2, -0.15) is 5.26 Å². The molecule has 1 heterocycles. The van der Waals surface area contributed by atoms with Gasteiger partial charge in [0, 0.05) is 20.3 Å². The Kier molecular flexibility index (Phi) is 4.40. The van der Waals surface area contributed by atoms with Crippen molar-refractivity contribution in [2.45, 2.75) is 0 Å². The molecule has 0 atom stereocenters. The summed E-state index contributed by atoms with van der Waals surface area (Å²) in [7, 11) is 3.64. The van der Waals surface area contributed by atoms with Crippen LogP contribution in [0.1, 0.15) is 9.67 Å². The van der Waals surface area contributed by atoms with E-state index in [1.165, 1.54) is 11.3 Å². The average molecular weight is 238 g/mol. The predicted octanol–water partition coefficient (Wildman–Crippen LogP) is 2.55. The number of thioether (sulfide) groups is 1. The van der Waals surface area contributed by atoms with E-state index >= 15 is 0 Å². The first-order valence-corrected chi connectivity index (χ1v) is 5.87. The van der Waals surface area contributed by atoms with Crippen molar-refractivity contribution in [3.63, 3.8) is 0 Å². The van der Waals surface area contributed by atoms with Crippen molar-refractivity contribution in [3.8, 4) is 5.40 Å². The lowest BCUT2D eigenvalue weighted by Crippen LogP contribution is -2.06. The second-order valence-corrected chi connectivity index (χ2v) is 4.73. The van der Waals surface area contributed by atoms with Gasteiger partial charge >= 0.3 is 0 Å². The van der Waals surface area contributed by atoms with E-state index in [2.05, 4.69) is 0 Å². The van der Waals surface area contributed by atoms with E-state index in [0.29, 0.717) is 9.78 Å². The molecule has 0 aliphatic rings. The van der Waals surface area contributed by atoms with Crippen LogP contribution in [0.5, 0.6) is 0 Å². The van der Waals surface area contributed by atoms with Gasteiger partial charge < -0.3 is 4.90 Å². The topological polar surface area (TPSA) is 44.1 Å². The van der Waals surface area contributed by atoms with E-state index in [1.807, 2.05) is 30.9 Å². The molecule has 0 radical (unpaired) electrons. The summed E-state index contributed by atoms with van der Waals surface area (Å²) in [6.45, 7) is 0. The van der Waals surface area contributed by atoms with Gasteiger partial charge in [0.1, 0.15) is 5.40 Å². The molecular formula is C10H10N2OS2. The second kappa shape index (κ2) is 5.59. The Morgan fingerprint density at radius 3 is 2.87 bits per heavy atom. The number of thiophene rings is 1. The van der Waals surface area contributed by atoms with Gasteiger partial charge in [-0.3, -0.25) is 4.79 Å². The summed E-state index contributed by atoms with van der Waals surface area (Å²) in [5, 5.41) is 12.4. The van der Waals surface area contributed by atoms with Crippen molar-refractivity contribution in [2.75, 3.05) is 14.1 Å². The number of hydrogen-bond acceptors (Lipinski definition) is 5. The molecule has 0 saturated carbocycles. The van der Waals surface area contributed by atoms with Crippen molar-refractivity contribution in [1.82, 2.24) is 4.90 Å². The van der Waals surface area contributed by atoms with Crippen molar-refractivity contribution < 1.29 is 4.79 Å². The van der Waals surface area contributed by atoms with Crippen LogP contribution in [0, 0.1) is 10.7 Å². The van der Waals surface area contributed by atoms with Crippen LogP contribution in [0.25, 0.3) is 0 Å². The fourth-order valence-electron chi connectivity index (χ4n) is 0.944. The number of allylic oxidation sites excluding steroid dienone is 1. The van der Waals surface area contributed by atoms with Gasteiger partial charge in [-0.25, -0.2) is 0 Å². The fourth-order valence-corrected chi connectivity index (χ4v) is 2.25. The van der Waals surface area contributed by atoms with Crippen LogP contribution in [0.15, 0.2) is 28.6 Å². The number of thiocyanates is 1. The van der Waals surface area contributed by atoms with Crippen molar-refractivity contribution in [3.05, 3.63) is 33.5 Å². The third-order valence-electron chi connectivity index (χ3n) is 1.50. The number of ketones is 1. The van der Waals surface area contributed by atoms with Gasteiger partial charge in [0.05, 0.1) is 9.78 Å². The molecule has 0 amide bonds. The molecule has 0 bridgehead atoms. The SMILES string of the molecule is CN(C)/C=C(\SC#N)C(=O)c1cccs1. The molecule has 0 saturated heterocycles. The standard InChI is InChI=1S/C10H10N2OS2/c1-12(2)6-9(15-7-11)10(13)8-4-3-5-14-8/h3-6H,1-2H3/b9-6-. The highest BCUT2D eigenvalue weighted by Crippen LogP contribution is 2.22. The smallest absolute Gasteiger partial charge is 0.211 e. The Bertz CT molecular complexity index is 402. The zero-order valence-electron chi connectivity index (χ0n) is 8.43. The quantitative estimate of drug-likeness (QED) is 0.459. The Balaban J connectivity index is 2.92. The summed E-state index contributed by atoms with van der Waals surface area (Å²) in [4.78, 5) is 14.7. The zero-order chi connectivity index (χ0) is 11.3. The minimum Gasteiger partial charge on any atom is -0.382 e. The number of nitrogens with zero attached hydrogens (tertiary/aromatic N) is 2. The van der Waals surface area contributed by atoms with Crippen LogP contribution >= 0.6 is 23.1 Å².